The summed E-state index contributed by atoms with van der Waals surface area (Å²) in [6.45, 7) is 3.16. The van der Waals surface area contributed by atoms with Crippen LogP contribution < -0.4 is 5.56 Å². The van der Waals surface area contributed by atoms with E-state index in [4.69, 9.17) is 11.6 Å². The molecule has 0 amide bonds. The second-order valence-corrected chi connectivity index (χ2v) is 9.38. The Kier molecular flexibility index (Phi) is 6.11. The number of carboxylic acid groups (broad SMARTS) is 1. The first-order chi connectivity index (χ1) is 17.6. The largest absolute Gasteiger partial charge is 0.478 e. The van der Waals surface area contributed by atoms with Crippen molar-refractivity contribution in [2.75, 3.05) is 0 Å². The zero-order valence-electron chi connectivity index (χ0n) is 19.6. The summed E-state index contributed by atoms with van der Waals surface area (Å²) in [6.07, 6.45) is 4.62. The van der Waals surface area contributed by atoms with Gasteiger partial charge in [-0.3, -0.25) is 19.3 Å². The molecule has 1 aliphatic rings. The third-order valence-corrected chi connectivity index (χ3v) is 6.97. The Morgan fingerprint density at radius 1 is 1.08 bits per heavy atom. The van der Waals surface area contributed by atoms with E-state index in [0.717, 1.165) is 16.8 Å². The Bertz CT molecular complexity index is 1650. The van der Waals surface area contributed by atoms with E-state index < -0.39 is 40.2 Å². The van der Waals surface area contributed by atoms with E-state index in [-0.39, 0.29) is 28.1 Å². The first-order valence-corrected chi connectivity index (χ1v) is 11.7. The highest BCUT2D eigenvalue weighted by molar-refractivity contribution is 6.31. The molecule has 188 valence electrons. The monoisotopic (exact) mass is 525 g/mol. The molecule has 10 heteroatoms. The number of nitrogens with zero attached hydrogens (tertiary/aromatic N) is 3. The Hall–Kier alpha value is -3.98. The van der Waals surface area contributed by atoms with Gasteiger partial charge in [-0.1, -0.05) is 17.7 Å². The highest BCUT2D eigenvalue weighted by Gasteiger charge is 2.42. The zero-order chi connectivity index (χ0) is 26.6. The minimum atomic E-state index is -1.51. The highest BCUT2D eigenvalue weighted by atomic mass is 35.5. The van der Waals surface area contributed by atoms with E-state index in [1.807, 2.05) is 0 Å². The molecule has 1 aliphatic carbocycles. The van der Waals surface area contributed by atoms with E-state index in [1.165, 1.54) is 24.4 Å². The van der Waals surface area contributed by atoms with E-state index in [9.17, 15) is 23.5 Å². The summed E-state index contributed by atoms with van der Waals surface area (Å²) < 4.78 is 45.5. The molecule has 1 saturated carbocycles. The first-order valence-electron chi connectivity index (χ1n) is 11.3. The average Bonchev–Trinajstić information content (AvgIpc) is 3.65. The summed E-state index contributed by atoms with van der Waals surface area (Å²) in [6, 6.07) is 6.64. The van der Waals surface area contributed by atoms with Gasteiger partial charge in [-0.05, 0) is 73.1 Å². The van der Waals surface area contributed by atoms with Crippen molar-refractivity contribution in [3.63, 3.8) is 0 Å². The van der Waals surface area contributed by atoms with Crippen LogP contribution >= 0.6 is 11.6 Å². The molecule has 1 aromatic carbocycles. The molecule has 0 radical (unpaired) electrons. The quantitative estimate of drug-likeness (QED) is 0.348. The van der Waals surface area contributed by atoms with E-state index >= 15 is 4.39 Å². The van der Waals surface area contributed by atoms with Crippen molar-refractivity contribution >= 4 is 17.6 Å². The van der Waals surface area contributed by atoms with Crippen LogP contribution in [0.1, 0.15) is 51.0 Å². The van der Waals surface area contributed by atoms with Gasteiger partial charge >= 0.3 is 5.97 Å². The lowest BCUT2D eigenvalue weighted by Crippen LogP contribution is -2.24. The second-order valence-electron chi connectivity index (χ2n) is 9.01. The van der Waals surface area contributed by atoms with Gasteiger partial charge in [0.2, 0.25) is 0 Å². The number of pyridine rings is 3. The second kappa shape index (κ2) is 9.15. The molecule has 2 atom stereocenters. The highest BCUT2D eigenvalue weighted by Crippen LogP contribution is 2.55. The smallest absolute Gasteiger partial charge is 0.338 e. The fourth-order valence-corrected chi connectivity index (χ4v) is 5.01. The predicted molar refractivity (Wildman–Crippen MR) is 131 cm³/mol. The molecular formula is C27H19ClF3N3O3. The maximum Gasteiger partial charge on any atom is 0.338 e. The third kappa shape index (κ3) is 4.19. The number of carboxylic acids is 1. The van der Waals surface area contributed by atoms with E-state index in [2.05, 4.69) is 9.97 Å². The standard InChI is InChI=1S/C27H19ClF3N3O3/c1-12-9-33-24(16-4-3-5-17(22(16)30)27(36)37)23(31)25(12)34-13(2)6-20(21(28)26(34)35)19-8-18(19)14-7-15(29)11-32-10-14/h3-7,9-11,18-19H,8H2,1-2H3,(H,36,37)/t18-,19+/m1/s1. The molecular weight excluding hydrogens is 507 g/mol. The van der Waals surface area contributed by atoms with Gasteiger partial charge in [-0.15, -0.1) is 0 Å². The number of hydrogen-bond acceptors (Lipinski definition) is 4. The van der Waals surface area contributed by atoms with Crippen molar-refractivity contribution in [3.05, 3.63) is 110 Å². The van der Waals surface area contributed by atoms with Crippen LogP contribution in [0.2, 0.25) is 5.02 Å². The van der Waals surface area contributed by atoms with Gasteiger partial charge in [0.15, 0.2) is 5.82 Å². The van der Waals surface area contributed by atoms with Gasteiger partial charge in [0.05, 0.1) is 17.4 Å². The number of aromatic nitrogens is 3. The van der Waals surface area contributed by atoms with Gasteiger partial charge in [-0.25, -0.2) is 18.0 Å². The SMILES string of the molecule is Cc1cnc(-c2cccc(C(=O)O)c2F)c(F)c1-n1c(C)cc([C@H]2C[C@@H]2c2cncc(F)c2)c(Cl)c1=O. The summed E-state index contributed by atoms with van der Waals surface area (Å²) in [5.74, 6) is -4.26. The number of aryl methyl sites for hydroxylation is 2. The van der Waals surface area contributed by atoms with Crippen LogP contribution in [-0.2, 0) is 0 Å². The summed E-state index contributed by atoms with van der Waals surface area (Å²) in [5, 5.41) is 9.13. The van der Waals surface area contributed by atoms with Crippen LogP contribution in [0.4, 0.5) is 13.2 Å². The number of benzene rings is 1. The van der Waals surface area contributed by atoms with Crippen molar-refractivity contribution in [3.8, 4) is 16.9 Å². The molecule has 0 spiro atoms. The minimum absolute atomic E-state index is 0.0502. The van der Waals surface area contributed by atoms with Gasteiger partial charge < -0.3 is 5.11 Å². The van der Waals surface area contributed by atoms with Crippen LogP contribution in [-0.4, -0.2) is 25.6 Å². The molecule has 4 aromatic rings. The van der Waals surface area contributed by atoms with Crippen molar-refractivity contribution in [1.82, 2.24) is 14.5 Å². The van der Waals surface area contributed by atoms with Crippen molar-refractivity contribution in [2.24, 2.45) is 0 Å². The average molecular weight is 526 g/mol. The molecule has 1 N–H and O–H groups in total. The number of carbonyl (C=O) groups is 1. The van der Waals surface area contributed by atoms with Crippen LogP contribution in [0, 0.1) is 31.3 Å². The summed E-state index contributed by atoms with van der Waals surface area (Å²) in [7, 11) is 0. The Balaban J connectivity index is 1.61. The molecule has 37 heavy (non-hydrogen) atoms. The minimum Gasteiger partial charge on any atom is -0.478 e. The third-order valence-electron chi connectivity index (χ3n) is 6.59. The Morgan fingerprint density at radius 2 is 1.84 bits per heavy atom. The van der Waals surface area contributed by atoms with Gasteiger partial charge in [0.1, 0.15) is 22.4 Å². The van der Waals surface area contributed by atoms with Crippen LogP contribution in [0.15, 0.2) is 53.7 Å². The van der Waals surface area contributed by atoms with Gasteiger partial charge in [-0.2, -0.15) is 0 Å². The molecule has 0 aliphatic heterocycles. The van der Waals surface area contributed by atoms with Gasteiger partial charge in [0.25, 0.3) is 5.56 Å². The lowest BCUT2D eigenvalue weighted by Gasteiger charge is -2.18. The number of rotatable bonds is 5. The van der Waals surface area contributed by atoms with Crippen molar-refractivity contribution in [2.45, 2.75) is 32.1 Å². The molecule has 5 rings (SSSR count). The number of aromatic carboxylic acids is 1. The first kappa shape index (κ1) is 24.7. The molecule has 0 bridgehead atoms. The maximum atomic E-state index is 15.9. The molecule has 3 aromatic heterocycles. The molecule has 3 heterocycles. The van der Waals surface area contributed by atoms with Crippen LogP contribution in [0.5, 0.6) is 0 Å². The molecule has 6 nitrogen and oxygen atoms in total. The Labute approximate surface area is 214 Å². The summed E-state index contributed by atoms with van der Waals surface area (Å²) >= 11 is 6.50. The zero-order valence-corrected chi connectivity index (χ0v) is 20.4. The lowest BCUT2D eigenvalue weighted by molar-refractivity contribution is 0.0692. The van der Waals surface area contributed by atoms with Crippen LogP contribution in [0.25, 0.3) is 16.9 Å². The van der Waals surface area contributed by atoms with Gasteiger partial charge in [0, 0.05) is 23.7 Å². The maximum absolute atomic E-state index is 15.9. The van der Waals surface area contributed by atoms with Crippen molar-refractivity contribution < 1.29 is 23.1 Å². The lowest BCUT2D eigenvalue weighted by atomic mass is 10.0. The topological polar surface area (TPSA) is 85.1 Å². The van der Waals surface area contributed by atoms with Crippen molar-refractivity contribution in [1.29, 1.82) is 0 Å². The van der Waals surface area contributed by atoms with E-state index in [1.54, 1.807) is 26.1 Å². The number of hydrogen-bond donors (Lipinski definition) is 1. The fraction of sp³-hybridized carbons (Fsp3) is 0.185. The normalized spacial score (nSPS) is 16.6. The molecule has 0 unspecified atom stereocenters. The Morgan fingerprint density at radius 3 is 2.54 bits per heavy atom. The van der Waals surface area contributed by atoms with Crippen LogP contribution in [0.3, 0.4) is 0 Å². The molecule has 1 fully saturated rings. The predicted octanol–water partition coefficient (Wildman–Crippen LogP) is 5.95. The van der Waals surface area contributed by atoms with E-state index in [0.29, 0.717) is 28.8 Å². The summed E-state index contributed by atoms with van der Waals surface area (Å²) in [4.78, 5) is 32.6. The fourth-order valence-electron chi connectivity index (χ4n) is 4.73. The number of halogens is 4. The molecule has 0 saturated heterocycles. The summed E-state index contributed by atoms with van der Waals surface area (Å²) in [5.41, 5.74) is -0.302.